The van der Waals surface area contributed by atoms with E-state index in [2.05, 4.69) is 5.16 Å². The van der Waals surface area contributed by atoms with Gasteiger partial charge in [-0.1, -0.05) is 5.16 Å². The van der Waals surface area contributed by atoms with Gasteiger partial charge >= 0.3 is 5.97 Å². The number of benzene rings is 1. The van der Waals surface area contributed by atoms with Crippen molar-refractivity contribution < 1.29 is 23.9 Å². The standard InChI is InChI=1S/C14H13NO5S/c1-18-11-3-2-8(4-13(11)19-9-6-21-7-9)12-5-10(14(16)17)15-20-12/h2-5,9H,6-7H2,1H3,(H,16,17). The van der Waals surface area contributed by atoms with E-state index in [4.69, 9.17) is 19.1 Å². The zero-order valence-electron chi connectivity index (χ0n) is 11.2. The van der Waals surface area contributed by atoms with E-state index in [1.165, 1.54) is 6.07 Å². The number of carbonyl (C=O) groups is 1. The van der Waals surface area contributed by atoms with Gasteiger partial charge in [-0.3, -0.25) is 0 Å². The zero-order chi connectivity index (χ0) is 14.8. The molecule has 0 saturated carbocycles. The molecule has 110 valence electrons. The van der Waals surface area contributed by atoms with Crippen LogP contribution in [-0.4, -0.2) is 41.0 Å². The molecule has 1 aliphatic rings. The molecule has 7 heteroatoms. The summed E-state index contributed by atoms with van der Waals surface area (Å²) >= 11 is 1.83. The molecule has 1 aromatic heterocycles. The second-order valence-electron chi connectivity index (χ2n) is 4.52. The monoisotopic (exact) mass is 307 g/mol. The van der Waals surface area contributed by atoms with E-state index >= 15 is 0 Å². The highest BCUT2D eigenvalue weighted by Crippen LogP contribution is 2.35. The Kier molecular flexibility index (Phi) is 3.74. The van der Waals surface area contributed by atoms with Crippen LogP contribution >= 0.6 is 11.8 Å². The van der Waals surface area contributed by atoms with Gasteiger partial charge in [-0.2, -0.15) is 11.8 Å². The third-order valence-electron chi connectivity index (χ3n) is 3.08. The Morgan fingerprint density at radius 1 is 1.38 bits per heavy atom. The molecule has 21 heavy (non-hydrogen) atoms. The Morgan fingerprint density at radius 3 is 2.76 bits per heavy atom. The Hall–Kier alpha value is -2.15. The first-order valence-electron chi connectivity index (χ1n) is 6.30. The second kappa shape index (κ2) is 5.69. The van der Waals surface area contributed by atoms with Crippen LogP contribution in [0.25, 0.3) is 11.3 Å². The summed E-state index contributed by atoms with van der Waals surface area (Å²) in [5.74, 6) is 2.42. The molecule has 0 aliphatic carbocycles. The second-order valence-corrected chi connectivity index (χ2v) is 5.60. The van der Waals surface area contributed by atoms with Crippen LogP contribution in [0, 0.1) is 0 Å². The van der Waals surface area contributed by atoms with E-state index in [0.717, 1.165) is 11.5 Å². The number of carboxylic acids is 1. The maximum absolute atomic E-state index is 10.8. The first-order valence-corrected chi connectivity index (χ1v) is 7.45. The molecule has 0 bridgehead atoms. The Morgan fingerprint density at radius 2 is 2.19 bits per heavy atom. The van der Waals surface area contributed by atoms with Crippen LogP contribution in [0.4, 0.5) is 0 Å². The van der Waals surface area contributed by atoms with E-state index in [1.807, 2.05) is 11.8 Å². The van der Waals surface area contributed by atoms with E-state index in [0.29, 0.717) is 22.8 Å². The van der Waals surface area contributed by atoms with Crippen LogP contribution < -0.4 is 9.47 Å². The predicted molar refractivity (Wildman–Crippen MR) is 77.2 cm³/mol. The molecule has 0 spiro atoms. The van der Waals surface area contributed by atoms with Gasteiger partial charge in [-0.25, -0.2) is 4.79 Å². The fourth-order valence-electron chi connectivity index (χ4n) is 1.90. The van der Waals surface area contributed by atoms with Crippen molar-refractivity contribution in [3.63, 3.8) is 0 Å². The molecular weight excluding hydrogens is 294 g/mol. The molecule has 1 saturated heterocycles. The number of methoxy groups -OCH3 is 1. The van der Waals surface area contributed by atoms with Crippen molar-refractivity contribution in [2.75, 3.05) is 18.6 Å². The van der Waals surface area contributed by atoms with Crippen LogP contribution in [0.5, 0.6) is 11.5 Å². The molecule has 0 unspecified atom stereocenters. The molecule has 0 atom stereocenters. The van der Waals surface area contributed by atoms with Gasteiger partial charge in [-0.05, 0) is 18.2 Å². The Bertz CT molecular complexity index is 665. The molecule has 1 aromatic carbocycles. The van der Waals surface area contributed by atoms with Gasteiger partial charge in [0.15, 0.2) is 23.0 Å². The number of aromatic carboxylic acids is 1. The number of nitrogens with zero attached hydrogens (tertiary/aromatic N) is 1. The zero-order valence-corrected chi connectivity index (χ0v) is 12.1. The molecule has 2 aromatic rings. The lowest BCUT2D eigenvalue weighted by molar-refractivity contribution is 0.0686. The molecular formula is C14H13NO5S. The lowest BCUT2D eigenvalue weighted by Gasteiger charge is -2.26. The number of aromatic nitrogens is 1. The summed E-state index contributed by atoms with van der Waals surface area (Å²) < 4.78 is 16.2. The van der Waals surface area contributed by atoms with Gasteiger partial charge < -0.3 is 19.1 Å². The summed E-state index contributed by atoms with van der Waals surface area (Å²) in [6, 6.07) is 6.69. The van der Waals surface area contributed by atoms with Crippen LogP contribution in [-0.2, 0) is 0 Å². The van der Waals surface area contributed by atoms with E-state index in [9.17, 15) is 4.79 Å². The summed E-state index contributed by atoms with van der Waals surface area (Å²) in [4.78, 5) is 10.8. The smallest absolute Gasteiger partial charge is 0.358 e. The topological polar surface area (TPSA) is 81.8 Å². The first kappa shape index (κ1) is 13.8. The fourth-order valence-corrected chi connectivity index (χ4v) is 2.46. The quantitative estimate of drug-likeness (QED) is 0.909. The summed E-state index contributed by atoms with van der Waals surface area (Å²) in [6.45, 7) is 0. The maximum Gasteiger partial charge on any atom is 0.358 e. The van der Waals surface area contributed by atoms with Crippen LogP contribution in [0.2, 0.25) is 0 Å². The highest BCUT2D eigenvalue weighted by Gasteiger charge is 2.22. The van der Waals surface area contributed by atoms with Gasteiger partial charge in [0, 0.05) is 23.1 Å². The summed E-state index contributed by atoms with van der Waals surface area (Å²) in [6.07, 6.45) is 0.184. The highest BCUT2D eigenvalue weighted by molar-refractivity contribution is 8.00. The summed E-state index contributed by atoms with van der Waals surface area (Å²) in [5, 5.41) is 12.4. The van der Waals surface area contributed by atoms with Gasteiger partial charge in [-0.15, -0.1) is 0 Å². The lowest BCUT2D eigenvalue weighted by Crippen LogP contribution is -2.31. The van der Waals surface area contributed by atoms with Crippen LogP contribution in [0.15, 0.2) is 28.8 Å². The van der Waals surface area contributed by atoms with Gasteiger partial charge in [0.1, 0.15) is 6.10 Å². The third-order valence-corrected chi connectivity index (χ3v) is 4.29. The van der Waals surface area contributed by atoms with Crippen molar-refractivity contribution in [1.29, 1.82) is 0 Å². The molecule has 3 rings (SSSR count). The number of ether oxygens (including phenoxy) is 2. The first-order chi connectivity index (χ1) is 10.2. The van der Waals surface area contributed by atoms with Crippen molar-refractivity contribution in [2.24, 2.45) is 0 Å². The number of thioether (sulfide) groups is 1. The minimum absolute atomic E-state index is 0.126. The predicted octanol–water partition coefficient (Wildman–Crippen LogP) is 2.54. The SMILES string of the molecule is COc1ccc(-c2cc(C(=O)O)no2)cc1OC1CSC1. The molecule has 2 heterocycles. The van der Waals surface area contributed by atoms with E-state index in [-0.39, 0.29) is 11.8 Å². The van der Waals surface area contributed by atoms with Gasteiger partial charge in [0.25, 0.3) is 0 Å². The Balaban J connectivity index is 1.90. The van der Waals surface area contributed by atoms with Crippen molar-refractivity contribution in [3.05, 3.63) is 30.0 Å². The number of carboxylic acid groups (broad SMARTS) is 1. The number of rotatable bonds is 5. The molecule has 0 radical (unpaired) electrons. The van der Waals surface area contributed by atoms with E-state index < -0.39 is 5.97 Å². The number of hydrogen-bond donors (Lipinski definition) is 1. The maximum atomic E-state index is 10.8. The minimum atomic E-state index is -1.12. The average molecular weight is 307 g/mol. The van der Waals surface area contributed by atoms with Crippen molar-refractivity contribution >= 4 is 17.7 Å². The van der Waals surface area contributed by atoms with Crippen molar-refractivity contribution in [3.8, 4) is 22.8 Å². The fraction of sp³-hybridized carbons (Fsp3) is 0.286. The average Bonchev–Trinajstić information content (AvgIpc) is 2.92. The molecule has 1 aliphatic heterocycles. The molecule has 6 nitrogen and oxygen atoms in total. The van der Waals surface area contributed by atoms with E-state index in [1.54, 1.807) is 25.3 Å². The minimum Gasteiger partial charge on any atom is -0.493 e. The lowest BCUT2D eigenvalue weighted by atomic mass is 10.1. The molecule has 0 amide bonds. The third kappa shape index (κ3) is 2.82. The highest BCUT2D eigenvalue weighted by atomic mass is 32.2. The largest absolute Gasteiger partial charge is 0.493 e. The summed E-state index contributed by atoms with van der Waals surface area (Å²) in [7, 11) is 1.58. The Labute approximate surface area is 125 Å². The van der Waals surface area contributed by atoms with Gasteiger partial charge in [0.2, 0.25) is 0 Å². The van der Waals surface area contributed by atoms with Gasteiger partial charge in [0.05, 0.1) is 7.11 Å². The van der Waals surface area contributed by atoms with Crippen molar-refractivity contribution in [2.45, 2.75) is 6.10 Å². The summed E-state index contributed by atoms with van der Waals surface area (Å²) in [5.41, 5.74) is 0.566. The normalized spacial score (nSPS) is 14.5. The molecule has 1 N–H and O–H groups in total. The van der Waals surface area contributed by atoms with Crippen LogP contribution in [0.1, 0.15) is 10.5 Å². The van der Waals surface area contributed by atoms with Crippen LogP contribution in [0.3, 0.4) is 0 Å². The van der Waals surface area contributed by atoms with Crippen molar-refractivity contribution in [1.82, 2.24) is 5.16 Å². The molecule has 1 fully saturated rings. The number of hydrogen-bond acceptors (Lipinski definition) is 6.